The van der Waals surface area contributed by atoms with Crippen molar-refractivity contribution in [2.75, 3.05) is 17.7 Å². The highest BCUT2D eigenvalue weighted by Crippen LogP contribution is 2.39. The summed E-state index contributed by atoms with van der Waals surface area (Å²) in [4.78, 5) is 18.1. The smallest absolute Gasteiger partial charge is 0.255 e. The molecule has 0 saturated carbocycles. The van der Waals surface area contributed by atoms with Gasteiger partial charge in [0.2, 0.25) is 5.95 Å². The van der Waals surface area contributed by atoms with Crippen molar-refractivity contribution in [1.29, 1.82) is 0 Å². The number of nitrogens with one attached hydrogen (secondary N) is 2. The minimum Gasteiger partial charge on any atom is -0.493 e. The third-order valence-corrected chi connectivity index (χ3v) is 7.61. The van der Waals surface area contributed by atoms with Gasteiger partial charge in [0, 0.05) is 11.4 Å². The minimum atomic E-state index is -0.522. The number of aromatic nitrogens is 3. The van der Waals surface area contributed by atoms with E-state index < -0.39 is 6.04 Å². The van der Waals surface area contributed by atoms with Gasteiger partial charge in [-0.3, -0.25) is 4.79 Å². The Kier molecular flexibility index (Phi) is 7.58. The number of benzene rings is 3. The molecule has 212 valence electrons. The molecule has 1 unspecified atom stereocenters. The van der Waals surface area contributed by atoms with E-state index in [0.717, 1.165) is 27.9 Å². The lowest BCUT2D eigenvalue weighted by Gasteiger charge is -2.29. The molecular weight excluding hydrogens is 514 g/mol. The molecule has 0 spiro atoms. The number of carbonyl (C=O) groups excluding carboxylic acids is 1. The van der Waals surface area contributed by atoms with Gasteiger partial charge in [-0.15, -0.1) is 0 Å². The van der Waals surface area contributed by atoms with E-state index in [-0.39, 0.29) is 11.3 Å². The zero-order chi connectivity index (χ0) is 29.3. The molecule has 41 heavy (non-hydrogen) atoms. The molecule has 0 bridgehead atoms. The molecule has 1 aromatic heterocycles. The van der Waals surface area contributed by atoms with Crippen molar-refractivity contribution in [2.45, 2.75) is 59.6 Å². The molecule has 0 aliphatic carbocycles. The average molecular weight is 552 g/mol. The molecule has 2 heterocycles. The zero-order valence-corrected chi connectivity index (χ0v) is 24.7. The van der Waals surface area contributed by atoms with Gasteiger partial charge in [-0.05, 0) is 72.2 Å². The first-order valence-corrected chi connectivity index (χ1v) is 13.7. The van der Waals surface area contributed by atoms with Crippen molar-refractivity contribution in [3.05, 3.63) is 106 Å². The number of nitrogens with zero attached hydrogens (tertiary/aromatic N) is 3. The highest BCUT2D eigenvalue weighted by atomic mass is 16.5. The second-order valence-corrected chi connectivity index (χ2v) is 11.4. The first kappa shape index (κ1) is 28.0. The number of amides is 1. The fourth-order valence-corrected chi connectivity index (χ4v) is 5.00. The van der Waals surface area contributed by atoms with Crippen LogP contribution in [0.5, 0.6) is 11.5 Å². The summed E-state index contributed by atoms with van der Waals surface area (Å²) in [6, 6.07) is 19.6. The number of ether oxygens (including phenoxy) is 2. The van der Waals surface area contributed by atoms with Crippen LogP contribution < -0.4 is 20.1 Å². The van der Waals surface area contributed by atoms with Gasteiger partial charge in [0.1, 0.15) is 19.0 Å². The summed E-state index contributed by atoms with van der Waals surface area (Å²) in [6.45, 7) is 12.9. The summed E-state index contributed by atoms with van der Waals surface area (Å²) in [5, 5.41) is 10.8. The summed E-state index contributed by atoms with van der Waals surface area (Å²) in [6.07, 6.45) is 1.48. The lowest BCUT2D eigenvalue weighted by molar-refractivity contribution is -0.113. The number of methoxy groups -OCH3 is 1. The van der Waals surface area contributed by atoms with Gasteiger partial charge in [-0.2, -0.15) is 10.1 Å². The number of fused-ring (bicyclic) bond motifs is 1. The second kappa shape index (κ2) is 11.1. The topological polar surface area (TPSA) is 90.3 Å². The van der Waals surface area contributed by atoms with Crippen LogP contribution >= 0.6 is 0 Å². The van der Waals surface area contributed by atoms with Gasteiger partial charge in [0.25, 0.3) is 5.91 Å². The van der Waals surface area contributed by atoms with Gasteiger partial charge in [-0.25, -0.2) is 4.68 Å². The third-order valence-electron chi connectivity index (χ3n) is 7.61. The van der Waals surface area contributed by atoms with Crippen LogP contribution in [0.25, 0.3) is 0 Å². The molecular formula is C33H37N5O3. The normalized spacial score (nSPS) is 14.8. The molecule has 8 heteroatoms. The Hall–Kier alpha value is -4.59. The first-order chi connectivity index (χ1) is 19.6. The number of hydrogen-bond acceptors (Lipinski definition) is 6. The standard InChI is InChI=1S/C33H37N5O3/c1-20-9-8-10-26(21(20)2)37-31(39)29-22(3)36-32-34-19-35-38(32)30(29)24-13-16-27(28(17-24)40-7)41-18-23-11-14-25(15-12-23)33(4,5)6/h8-17,19,30H,18H2,1-7H3,(H,37,39)(H,34,35,36). The largest absolute Gasteiger partial charge is 0.493 e. The molecule has 8 nitrogen and oxygen atoms in total. The number of aryl methyl sites for hydroxylation is 1. The Morgan fingerprint density at radius 2 is 1.78 bits per heavy atom. The van der Waals surface area contributed by atoms with E-state index in [9.17, 15) is 4.79 Å². The van der Waals surface area contributed by atoms with Gasteiger partial charge in [0.05, 0.1) is 12.7 Å². The molecule has 4 aromatic rings. The number of anilines is 2. The number of allylic oxidation sites excluding steroid dienone is 1. The van der Waals surface area contributed by atoms with Crippen LogP contribution in [-0.4, -0.2) is 27.8 Å². The summed E-state index contributed by atoms with van der Waals surface area (Å²) >= 11 is 0. The van der Waals surface area contributed by atoms with Crippen LogP contribution in [0, 0.1) is 13.8 Å². The van der Waals surface area contributed by atoms with Crippen molar-refractivity contribution < 1.29 is 14.3 Å². The number of hydrogen-bond donors (Lipinski definition) is 2. The van der Waals surface area contributed by atoms with Crippen LogP contribution in [0.4, 0.5) is 11.6 Å². The van der Waals surface area contributed by atoms with Crippen molar-refractivity contribution in [3.63, 3.8) is 0 Å². The van der Waals surface area contributed by atoms with Crippen LogP contribution in [0.15, 0.2) is 78.3 Å². The van der Waals surface area contributed by atoms with Gasteiger partial charge in [-0.1, -0.05) is 63.2 Å². The highest BCUT2D eigenvalue weighted by molar-refractivity contribution is 6.06. The molecule has 0 fully saturated rings. The van der Waals surface area contributed by atoms with Crippen LogP contribution in [0.1, 0.15) is 61.6 Å². The predicted octanol–water partition coefficient (Wildman–Crippen LogP) is 6.71. The first-order valence-electron chi connectivity index (χ1n) is 13.7. The minimum absolute atomic E-state index is 0.0957. The van der Waals surface area contributed by atoms with Crippen molar-refractivity contribution in [1.82, 2.24) is 14.8 Å². The Labute approximate surface area is 241 Å². The molecule has 3 aromatic carbocycles. The Morgan fingerprint density at radius 3 is 2.49 bits per heavy atom. The molecule has 1 aliphatic rings. The maximum absolute atomic E-state index is 13.8. The summed E-state index contributed by atoms with van der Waals surface area (Å²) in [5.41, 5.74) is 7.41. The Balaban J connectivity index is 1.44. The quantitative estimate of drug-likeness (QED) is 0.265. The van der Waals surface area contributed by atoms with Crippen molar-refractivity contribution in [2.24, 2.45) is 0 Å². The van der Waals surface area contributed by atoms with E-state index in [1.807, 2.05) is 57.2 Å². The maximum Gasteiger partial charge on any atom is 0.255 e. The Bertz CT molecular complexity index is 1610. The van der Waals surface area contributed by atoms with E-state index in [1.165, 1.54) is 11.9 Å². The molecule has 5 rings (SSSR count). The van der Waals surface area contributed by atoms with E-state index in [0.29, 0.717) is 35.3 Å². The third kappa shape index (κ3) is 5.68. The highest BCUT2D eigenvalue weighted by Gasteiger charge is 2.34. The van der Waals surface area contributed by atoms with E-state index in [2.05, 4.69) is 65.8 Å². The zero-order valence-electron chi connectivity index (χ0n) is 24.7. The molecule has 1 atom stereocenters. The van der Waals surface area contributed by atoms with Crippen LogP contribution in [0.2, 0.25) is 0 Å². The van der Waals surface area contributed by atoms with Crippen molar-refractivity contribution >= 4 is 17.5 Å². The SMILES string of the molecule is COc1cc(C2C(C(=O)Nc3cccc(C)c3C)=C(C)Nc3ncnn32)ccc1OCc1ccc(C(C)(C)C)cc1. The van der Waals surface area contributed by atoms with Gasteiger partial charge in [0.15, 0.2) is 11.5 Å². The van der Waals surface area contributed by atoms with Gasteiger partial charge >= 0.3 is 0 Å². The lowest BCUT2D eigenvalue weighted by Crippen LogP contribution is -2.31. The predicted molar refractivity (Wildman–Crippen MR) is 161 cm³/mol. The fourth-order valence-electron chi connectivity index (χ4n) is 5.00. The van der Waals surface area contributed by atoms with E-state index in [4.69, 9.17) is 9.47 Å². The molecule has 0 saturated heterocycles. The van der Waals surface area contributed by atoms with E-state index in [1.54, 1.807) is 11.8 Å². The molecule has 2 N–H and O–H groups in total. The van der Waals surface area contributed by atoms with Crippen LogP contribution in [-0.2, 0) is 16.8 Å². The monoisotopic (exact) mass is 551 g/mol. The summed E-state index contributed by atoms with van der Waals surface area (Å²) < 4.78 is 13.6. The summed E-state index contributed by atoms with van der Waals surface area (Å²) in [7, 11) is 1.61. The Morgan fingerprint density at radius 1 is 1.02 bits per heavy atom. The van der Waals surface area contributed by atoms with Crippen molar-refractivity contribution in [3.8, 4) is 11.5 Å². The number of carbonyl (C=O) groups is 1. The maximum atomic E-state index is 13.8. The summed E-state index contributed by atoms with van der Waals surface area (Å²) in [5.74, 6) is 1.54. The second-order valence-electron chi connectivity index (χ2n) is 11.4. The fraction of sp³-hybridized carbons (Fsp3) is 0.303. The van der Waals surface area contributed by atoms with E-state index >= 15 is 0 Å². The molecule has 1 aliphatic heterocycles. The average Bonchev–Trinajstić information content (AvgIpc) is 3.41. The number of rotatable bonds is 7. The molecule has 0 radical (unpaired) electrons. The molecule has 1 amide bonds. The van der Waals surface area contributed by atoms with Crippen LogP contribution in [0.3, 0.4) is 0 Å². The lowest BCUT2D eigenvalue weighted by atomic mass is 9.87. The van der Waals surface area contributed by atoms with Gasteiger partial charge < -0.3 is 20.1 Å².